The van der Waals surface area contributed by atoms with Crippen molar-refractivity contribution in [3.05, 3.63) is 0 Å². The molecule has 1 rings (SSSR count). The van der Waals surface area contributed by atoms with Crippen molar-refractivity contribution in [2.45, 2.75) is 64.5 Å². The molecule has 1 amide bonds. The first-order chi connectivity index (χ1) is 6.95. The normalized spacial score (nSPS) is 27.5. The molecule has 0 heterocycles. The molecule has 2 atom stereocenters. The van der Waals surface area contributed by atoms with Crippen LogP contribution in [0.4, 0.5) is 0 Å². The number of carbonyl (C=O) groups excluding carboxylic acids is 1. The average Bonchev–Trinajstić information content (AvgIpc) is 2.17. The highest BCUT2D eigenvalue weighted by atomic mass is 16.3. The summed E-state index contributed by atoms with van der Waals surface area (Å²) in [5.41, 5.74) is -1.25. The molecule has 1 aliphatic rings. The molecule has 0 radical (unpaired) electrons. The first-order valence-electron chi connectivity index (χ1n) is 5.98. The van der Waals surface area contributed by atoms with Gasteiger partial charge in [0.1, 0.15) is 5.60 Å². The van der Waals surface area contributed by atoms with Crippen LogP contribution in [0.5, 0.6) is 0 Å². The van der Waals surface area contributed by atoms with Crippen LogP contribution in [0.1, 0.15) is 52.9 Å². The molecule has 3 nitrogen and oxygen atoms in total. The first-order valence-corrected chi connectivity index (χ1v) is 5.98. The summed E-state index contributed by atoms with van der Waals surface area (Å²) >= 11 is 0. The first kappa shape index (κ1) is 12.5. The van der Waals surface area contributed by atoms with Crippen LogP contribution in [0.15, 0.2) is 0 Å². The van der Waals surface area contributed by atoms with Gasteiger partial charge >= 0.3 is 0 Å². The zero-order chi connectivity index (χ0) is 11.5. The van der Waals surface area contributed by atoms with Crippen molar-refractivity contribution in [2.24, 2.45) is 5.92 Å². The van der Waals surface area contributed by atoms with E-state index in [9.17, 15) is 9.90 Å². The molecule has 0 aromatic rings. The van der Waals surface area contributed by atoms with E-state index in [0.717, 1.165) is 12.8 Å². The minimum atomic E-state index is -1.25. The van der Waals surface area contributed by atoms with Gasteiger partial charge in [-0.25, -0.2) is 0 Å². The molecule has 0 saturated heterocycles. The zero-order valence-electron chi connectivity index (χ0n) is 10.0. The number of carbonyl (C=O) groups is 1. The summed E-state index contributed by atoms with van der Waals surface area (Å²) in [7, 11) is 0. The Balaban J connectivity index is 2.52. The Labute approximate surface area is 92.3 Å². The second-order valence-corrected chi connectivity index (χ2v) is 5.09. The zero-order valence-corrected chi connectivity index (χ0v) is 10.0. The second-order valence-electron chi connectivity index (χ2n) is 5.09. The summed E-state index contributed by atoms with van der Waals surface area (Å²) in [6.07, 6.45) is 5.82. The van der Waals surface area contributed by atoms with Crippen LogP contribution in [0, 0.1) is 5.92 Å². The highest BCUT2D eigenvalue weighted by Crippen LogP contribution is 2.27. The Bertz CT molecular complexity index is 220. The Morgan fingerprint density at radius 1 is 1.40 bits per heavy atom. The molecule has 0 aromatic heterocycles. The van der Waals surface area contributed by atoms with E-state index >= 15 is 0 Å². The monoisotopic (exact) mass is 213 g/mol. The van der Waals surface area contributed by atoms with E-state index in [2.05, 4.69) is 12.2 Å². The third-order valence-corrected chi connectivity index (χ3v) is 3.31. The fraction of sp³-hybridized carbons (Fsp3) is 0.917. The standard InChI is InChI=1S/C12H23NO2/c1-4-9-7-5-6-8-10(9)13-11(14)12(2,3)15/h9-10,15H,4-8H2,1-3H3,(H,13,14). The van der Waals surface area contributed by atoms with Crippen molar-refractivity contribution >= 4 is 5.91 Å². The van der Waals surface area contributed by atoms with Gasteiger partial charge in [0.2, 0.25) is 0 Å². The number of hydrogen-bond acceptors (Lipinski definition) is 2. The predicted molar refractivity (Wildman–Crippen MR) is 60.5 cm³/mol. The average molecular weight is 213 g/mol. The molecular formula is C12H23NO2. The van der Waals surface area contributed by atoms with Crippen molar-refractivity contribution in [1.82, 2.24) is 5.32 Å². The third-order valence-electron chi connectivity index (χ3n) is 3.31. The molecular weight excluding hydrogens is 190 g/mol. The van der Waals surface area contributed by atoms with Gasteiger partial charge in [-0.05, 0) is 32.6 Å². The molecule has 0 aliphatic heterocycles. The van der Waals surface area contributed by atoms with Crippen molar-refractivity contribution in [2.75, 3.05) is 0 Å². The summed E-state index contributed by atoms with van der Waals surface area (Å²) in [5, 5.41) is 12.5. The lowest BCUT2D eigenvalue weighted by Crippen LogP contribution is -2.49. The molecule has 0 bridgehead atoms. The van der Waals surface area contributed by atoms with Gasteiger partial charge in [-0.15, -0.1) is 0 Å². The lowest BCUT2D eigenvalue weighted by atomic mass is 9.82. The largest absolute Gasteiger partial charge is 0.381 e. The van der Waals surface area contributed by atoms with Crippen LogP contribution in [0.2, 0.25) is 0 Å². The number of aliphatic hydroxyl groups is 1. The molecule has 1 fully saturated rings. The molecule has 0 aromatic carbocycles. The maximum absolute atomic E-state index is 11.6. The van der Waals surface area contributed by atoms with Gasteiger partial charge in [-0.1, -0.05) is 26.2 Å². The quantitative estimate of drug-likeness (QED) is 0.751. The Morgan fingerprint density at radius 2 is 2.00 bits per heavy atom. The molecule has 88 valence electrons. The van der Waals surface area contributed by atoms with E-state index in [1.165, 1.54) is 33.1 Å². The van der Waals surface area contributed by atoms with E-state index in [0.29, 0.717) is 5.92 Å². The highest BCUT2D eigenvalue weighted by molar-refractivity contribution is 5.84. The minimum Gasteiger partial charge on any atom is -0.381 e. The van der Waals surface area contributed by atoms with Crippen molar-refractivity contribution in [3.63, 3.8) is 0 Å². The van der Waals surface area contributed by atoms with Crippen LogP contribution in [0.3, 0.4) is 0 Å². The van der Waals surface area contributed by atoms with E-state index in [1.807, 2.05) is 0 Å². The lowest BCUT2D eigenvalue weighted by molar-refractivity contribution is -0.137. The fourth-order valence-corrected chi connectivity index (χ4v) is 2.23. The van der Waals surface area contributed by atoms with Gasteiger partial charge in [-0.2, -0.15) is 0 Å². The van der Waals surface area contributed by atoms with Crippen LogP contribution in [0.25, 0.3) is 0 Å². The van der Waals surface area contributed by atoms with Gasteiger partial charge < -0.3 is 10.4 Å². The maximum Gasteiger partial charge on any atom is 0.251 e. The molecule has 3 heteroatoms. The Morgan fingerprint density at radius 3 is 2.53 bits per heavy atom. The van der Waals surface area contributed by atoms with Gasteiger partial charge in [0.15, 0.2) is 0 Å². The predicted octanol–water partition coefficient (Wildman–Crippen LogP) is 1.84. The number of rotatable bonds is 3. The van der Waals surface area contributed by atoms with Crippen LogP contribution in [-0.2, 0) is 4.79 Å². The number of nitrogens with one attached hydrogen (secondary N) is 1. The molecule has 2 N–H and O–H groups in total. The topological polar surface area (TPSA) is 49.3 Å². The van der Waals surface area contributed by atoms with Crippen LogP contribution < -0.4 is 5.32 Å². The molecule has 2 unspecified atom stereocenters. The molecule has 0 spiro atoms. The molecule has 1 aliphatic carbocycles. The van der Waals surface area contributed by atoms with Gasteiger partial charge in [0, 0.05) is 6.04 Å². The Kier molecular flexibility index (Phi) is 4.14. The summed E-state index contributed by atoms with van der Waals surface area (Å²) in [5.74, 6) is 0.345. The van der Waals surface area contributed by atoms with E-state index in [1.54, 1.807) is 0 Å². The summed E-state index contributed by atoms with van der Waals surface area (Å²) in [6, 6.07) is 0.266. The van der Waals surface area contributed by atoms with Crippen molar-refractivity contribution in [3.8, 4) is 0 Å². The Hall–Kier alpha value is -0.570. The minimum absolute atomic E-state index is 0.243. The van der Waals surface area contributed by atoms with E-state index in [4.69, 9.17) is 0 Å². The number of amides is 1. The van der Waals surface area contributed by atoms with Gasteiger partial charge in [-0.3, -0.25) is 4.79 Å². The van der Waals surface area contributed by atoms with Gasteiger partial charge in [0.05, 0.1) is 0 Å². The van der Waals surface area contributed by atoms with E-state index < -0.39 is 5.60 Å². The second kappa shape index (κ2) is 4.97. The molecule has 15 heavy (non-hydrogen) atoms. The SMILES string of the molecule is CCC1CCCCC1NC(=O)C(C)(C)O. The fourth-order valence-electron chi connectivity index (χ4n) is 2.23. The van der Waals surface area contributed by atoms with Crippen LogP contribution in [-0.4, -0.2) is 22.7 Å². The lowest BCUT2D eigenvalue weighted by Gasteiger charge is -2.33. The highest BCUT2D eigenvalue weighted by Gasteiger charge is 2.30. The van der Waals surface area contributed by atoms with E-state index in [-0.39, 0.29) is 11.9 Å². The van der Waals surface area contributed by atoms with Gasteiger partial charge in [0.25, 0.3) is 5.91 Å². The maximum atomic E-state index is 11.6. The van der Waals surface area contributed by atoms with Crippen LogP contribution >= 0.6 is 0 Å². The molecule has 1 saturated carbocycles. The number of hydrogen-bond donors (Lipinski definition) is 2. The smallest absolute Gasteiger partial charge is 0.251 e. The van der Waals surface area contributed by atoms with Crippen molar-refractivity contribution < 1.29 is 9.90 Å². The van der Waals surface area contributed by atoms with Crippen molar-refractivity contribution in [1.29, 1.82) is 0 Å². The summed E-state index contributed by atoms with van der Waals surface area (Å²) in [4.78, 5) is 11.6. The third kappa shape index (κ3) is 3.49. The summed E-state index contributed by atoms with van der Waals surface area (Å²) < 4.78 is 0. The summed E-state index contributed by atoms with van der Waals surface area (Å²) in [6.45, 7) is 5.23.